The van der Waals surface area contributed by atoms with Crippen molar-refractivity contribution in [1.82, 2.24) is 5.32 Å². The maximum absolute atomic E-state index is 11.8. The van der Waals surface area contributed by atoms with E-state index in [0.29, 0.717) is 11.3 Å². The Morgan fingerprint density at radius 3 is 2.22 bits per heavy atom. The summed E-state index contributed by atoms with van der Waals surface area (Å²) in [7, 11) is -3.79. The maximum Gasteiger partial charge on any atom is 0.269 e. The van der Waals surface area contributed by atoms with Gasteiger partial charge < -0.3 is 5.32 Å². The molecule has 0 heterocycles. The average Bonchev–Trinajstić information content (AvgIpc) is 2.60. The molecule has 9 nitrogen and oxygen atoms in total. The molecule has 140 valence electrons. The topological polar surface area (TPSA) is 144 Å². The fourth-order valence-electron chi connectivity index (χ4n) is 1.92. The highest BCUT2D eigenvalue weighted by Gasteiger charge is 2.08. The Labute approximate surface area is 160 Å². The van der Waals surface area contributed by atoms with Gasteiger partial charge in [0, 0.05) is 23.9 Å². The first kappa shape index (κ1) is 20.2. The lowest BCUT2D eigenvalue weighted by atomic mass is 10.2. The molecule has 1 amide bonds. The zero-order chi connectivity index (χ0) is 20.0. The van der Waals surface area contributed by atoms with Gasteiger partial charge in [-0.1, -0.05) is 0 Å². The van der Waals surface area contributed by atoms with Crippen LogP contribution in [0.1, 0.15) is 5.56 Å². The number of sulfonamides is 1. The highest BCUT2D eigenvalue weighted by Crippen LogP contribution is 2.13. The minimum atomic E-state index is -3.79. The number of hydrogen-bond donors (Lipinski definition) is 3. The Hall–Kier alpha value is -3.15. The van der Waals surface area contributed by atoms with Gasteiger partial charge in [-0.2, -0.15) is 0 Å². The molecular weight excluding hydrogens is 392 g/mol. The SMILES string of the molecule is NS(=O)(=O)c1ccc(NC(=S)NC(=O)C=Cc2ccc([N+](=O)[O-])cc2)cc1. The first-order valence-corrected chi connectivity index (χ1v) is 9.28. The standard InChI is InChI=1S/C16H14N4O5S2/c17-27(24,25)14-8-4-12(5-9-14)18-16(26)19-15(21)10-3-11-1-6-13(7-2-11)20(22)23/h1-10H,(H2,17,24,25)(H2,18,19,21,26). The predicted molar refractivity (Wildman–Crippen MR) is 104 cm³/mol. The van der Waals surface area contributed by atoms with Crippen molar-refractivity contribution in [2.45, 2.75) is 4.90 Å². The number of nitro groups is 1. The van der Waals surface area contributed by atoms with E-state index < -0.39 is 20.9 Å². The molecule has 4 N–H and O–H groups in total. The number of nitrogens with zero attached hydrogens (tertiary/aromatic N) is 1. The number of nitrogens with one attached hydrogen (secondary N) is 2. The van der Waals surface area contributed by atoms with Gasteiger partial charge in [0.1, 0.15) is 0 Å². The molecule has 0 bridgehead atoms. The summed E-state index contributed by atoms with van der Waals surface area (Å²) >= 11 is 5.00. The number of non-ortho nitro benzene ring substituents is 1. The molecule has 11 heteroatoms. The van der Waals surface area contributed by atoms with E-state index in [0.717, 1.165) is 0 Å². The third kappa shape index (κ3) is 6.26. The minimum Gasteiger partial charge on any atom is -0.332 e. The number of nitrogens with two attached hydrogens (primary N) is 1. The van der Waals surface area contributed by atoms with Crippen molar-refractivity contribution in [3.05, 3.63) is 70.3 Å². The van der Waals surface area contributed by atoms with Crippen molar-refractivity contribution >= 4 is 50.7 Å². The fourth-order valence-corrected chi connectivity index (χ4v) is 2.66. The van der Waals surface area contributed by atoms with Crippen molar-refractivity contribution in [1.29, 1.82) is 0 Å². The van der Waals surface area contributed by atoms with E-state index in [2.05, 4.69) is 10.6 Å². The molecule has 0 fully saturated rings. The number of nitro benzene ring substituents is 1. The summed E-state index contributed by atoms with van der Waals surface area (Å²) < 4.78 is 22.4. The van der Waals surface area contributed by atoms with Crippen molar-refractivity contribution in [3.8, 4) is 0 Å². The summed E-state index contributed by atoms with van der Waals surface area (Å²) in [6, 6.07) is 11.2. The number of anilines is 1. The van der Waals surface area contributed by atoms with E-state index in [9.17, 15) is 23.3 Å². The number of carbonyl (C=O) groups is 1. The lowest BCUT2D eigenvalue weighted by molar-refractivity contribution is -0.384. The number of amides is 1. The van der Waals surface area contributed by atoms with Gasteiger partial charge in [0.15, 0.2) is 5.11 Å². The third-order valence-corrected chi connectivity index (χ3v) is 4.34. The van der Waals surface area contributed by atoms with Crippen molar-refractivity contribution in [3.63, 3.8) is 0 Å². The van der Waals surface area contributed by atoms with Gasteiger partial charge in [0.25, 0.3) is 5.69 Å². The summed E-state index contributed by atoms with van der Waals surface area (Å²) in [5, 5.41) is 20.7. The second-order valence-corrected chi connectivity index (χ2v) is 7.16. The third-order valence-electron chi connectivity index (χ3n) is 3.21. The second kappa shape index (κ2) is 8.49. The van der Waals surface area contributed by atoms with Crippen LogP contribution in [-0.2, 0) is 14.8 Å². The molecule has 27 heavy (non-hydrogen) atoms. The molecule has 0 unspecified atom stereocenters. The smallest absolute Gasteiger partial charge is 0.269 e. The van der Waals surface area contributed by atoms with Gasteiger partial charge in [-0.05, 0) is 60.3 Å². The zero-order valence-electron chi connectivity index (χ0n) is 13.7. The van der Waals surface area contributed by atoms with E-state index >= 15 is 0 Å². The fraction of sp³-hybridized carbons (Fsp3) is 0. The molecule has 0 radical (unpaired) electrons. The first-order valence-electron chi connectivity index (χ1n) is 7.32. The molecule has 0 aliphatic carbocycles. The van der Waals surface area contributed by atoms with Crippen LogP contribution in [0.3, 0.4) is 0 Å². The number of carbonyl (C=O) groups excluding carboxylic acids is 1. The van der Waals surface area contributed by atoms with Crippen molar-refractivity contribution < 1.29 is 18.1 Å². The Morgan fingerprint density at radius 2 is 1.70 bits per heavy atom. The van der Waals surface area contributed by atoms with Gasteiger partial charge in [-0.25, -0.2) is 13.6 Å². The van der Waals surface area contributed by atoms with Crippen LogP contribution in [0, 0.1) is 10.1 Å². The zero-order valence-corrected chi connectivity index (χ0v) is 15.3. The molecule has 0 spiro atoms. The number of primary sulfonamides is 1. The van der Waals surface area contributed by atoms with Crippen LogP contribution in [-0.4, -0.2) is 24.4 Å². The van der Waals surface area contributed by atoms with Crippen molar-refractivity contribution in [2.75, 3.05) is 5.32 Å². The van der Waals surface area contributed by atoms with Crippen molar-refractivity contribution in [2.24, 2.45) is 5.14 Å². The lowest BCUT2D eigenvalue weighted by Crippen LogP contribution is -2.32. The summed E-state index contributed by atoms with van der Waals surface area (Å²) in [4.78, 5) is 21.9. The predicted octanol–water partition coefficient (Wildman–Crippen LogP) is 1.77. The monoisotopic (exact) mass is 406 g/mol. The molecular formula is C16H14N4O5S2. The average molecular weight is 406 g/mol. The quantitative estimate of drug-likeness (QED) is 0.297. The Balaban J connectivity index is 1.91. The van der Waals surface area contributed by atoms with Crippen LogP contribution in [0.15, 0.2) is 59.5 Å². The van der Waals surface area contributed by atoms with E-state index in [1.807, 2.05) is 0 Å². The van der Waals surface area contributed by atoms with Crippen LogP contribution in [0.4, 0.5) is 11.4 Å². The normalized spacial score (nSPS) is 11.1. The molecule has 0 saturated heterocycles. The minimum absolute atomic E-state index is 0.0108. The van der Waals surface area contributed by atoms with E-state index in [4.69, 9.17) is 17.4 Å². The van der Waals surface area contributed by atoms with E-state index in [-0.39, 0.29) is 15.7 Å². The molecule has 2 rings (SSSR count). The van der Waals surface area contributed by atoms with Gasteiger partial charge >= 0.3 is 0 Å². The summed E-state index contributed by atoms with van der Waals surface area (Å²) in [5.41, 5.74) is 1.02. The molecule has 0 aliphatic rings. The number of rotatable bonds is 5. The van der Waals surface area contributed by atoms with Gasteiger partial charge in [0.2, 0.25) is 15.9 Å². The molecule has 0 atom stereocenters. The largest absolute Gasteiger partial charge is 0.332 e. The molecule has 2 aromatic carbocycles. The Bertz CT molecular complexity index is 1000. The van der Waals surface area contributed by atoms with Gasteiger partial charge in [-0.15, -0.1) is 0 Å². The van der Waals surface area contributed by atoms with E-state index in [1.54, 1.807) is 0 Å². The maximum atomic E-state index is 11.8. The highest BCUT2D eigenvalue weighted by atomic mass is 32.2. The molecule has 0 saturated carbocycles. The molecule has 2 aromatic rings. The van der Waals surface area contributed by atoms with Crippen LogP contribution in [0.5, 0.6) is 0 Å². The van der Waals surface area contributed by atoms with E-state index in [1.165, 1.54) is 60.7 Å². The number of hydrogen-bond acceptors (Lipinski definition) is 6. The Kier molecular flexibility index (Phi) is 6.34. The van der Waals surface area contributed by atoms with Crippen LogP contribution in [0.25, 0.3) is 6.08 Å². The summed E-state index contributed by atoms with van der Waals surface area (Å²) in [6.07, 6.45) is 2.70. The first-order chi connectivity index (χ1) is 12.6. The number of benzene rings is 2. The van der Waals surface area contributed by atoms with Crippen LogP contribution >= 0.6 is 12.2 Å². The summed E-state index contributed by atoms with van der Waals surface area (Å²) in [6.45, 7) is 0. The summed E-state index contributed by atoms with van der Waals surface area (Å²) in [5.74, 6) is -0.507. The highest BCUT2D eigenvalue weighted by molar-refractivity contribution is 7.89. The second-order valence-electron chi connectivity index (χ2n) is 5.19. The lowest BCUT2D eigenvalue weighted by Gasteiger charge is -2.08. The van der Waals surface area contributed by atoms with Crippen LogP contribution in [0.2, 0.25) is 0 Å². The molecule has 0 aliphatic heterocycles. The van der Waals surface area contributed by atoms with Gasteiger partial charge in [-0.3, -0.25) is 20.2 Å². The Morgan fingerprint density at radius 1 is 1.11 bits per heavy atom. The van der Waals surface area contributed by atoms with Crippen LogP contribution < -0.4 is 15.8 Å². The van der Waals surface area contributed by atoms with Gasteiger partial charge in [0.05, 0.1) is 9.82 Å². The number of thiocarbonyl (C=S) groups is 1. The molecule has 0 aromatic heterocycles.